The molecule has 0 amide bonds. The van der Waals surface area contributed by atoms with Crippen LogP contribution in [0.15, 0.2) is 34.1 Å². The zero-order chi connectivity index (χ0) is 18.1. The highest BCUT2D eigenvalue weighted by molar-refractivity contribution is 7.89. The van der Waals surface area contributed by atoms with Crippen LogP contribution in [0.1, 0.15) is 12.8 Å². The van der Waals surface area contributed by atoms with Crippen molar-refractivity contribution in [2.75, 3.05) is 32.8 Å². The number of sulfonamides is 2. The Morgan fingerprint density at radius 1 is 1.08 bits per heavy atom. The first kappa shape index (κ1) is 18.7. The van der Waals surface area contributed by atoms with Crippen LogP contribution in [-0.2, 0) is 24.8 Å². The van der Waals surface area contributed by atoms with Gasteiger partial charge in [0.2, 0.25) is 20.0 Å². The lowest BCUT2D eigenvalue weighted by Gasteiger charge is -2.26. The fourth-order valence-electron chi connectivity index (χ4n) is 2.71. The fraction of sp³-hybridized carbons (Fsp3) is 0.600. The second-order valence-corrected chi connectivity index (χ2v) is 10.0. The van der Waals surface area contributed by atoms with Crippen molar-refractivity contribution in [3.63, 3.8) is 0 Å². The fourth-order valence-corrected chi connectivity index (χ4v) is 5.19. The average molecular weight is 389 g/mol. The molecule has 0 aromatic heterocycles. The second kappa shape index (κ2) is 7.29. The largest absolute Gasteiger partial charge is 0.379 e. The molecule has 1 saturated heterocycles. The van der Waals surface area contributed by atoms with Crippen LogP contribution in [-0.4, -0.2) is 60.0 Å². The van der Waals surface area contributed by atoms with E-state index in [-0.39, 0.29) is 22.4 Å². The summed E-state index contributed by atoms with van der Waals surface area (Å²) < 4.78 is 58.7. The molecule has 1 heterocycles. The first-order valence-electron chi connectivity index (χ1n) is 8.24. The van der Waals surface area contributed by atoms with Gasteiger partial charge in [-0.15, -0.1) is 0 Å². The lowest BCUT2D eigenvalue weighted by Crippen LogP contribution is -2.40. The van der Waals surface area contributed by atoms with Crippen LogP contribution in [0.4, 0.5) is 0 Å². The van der Waals surface area contributed by atoms with E-state index >= 15 is 0 Å². The summed E-state index contributed by atoms with van der Waals surface area (Å²) in [6, 6.07) is 5.06. The molecule has 8 nitrogen and oxygen atoms in total. The molecular weight excluding hydrogens is 366 g/mol. The van der Waals surface area contributed by atoms with Gasteiger partial charge in [0.25, 0.3) is 0 Å². The molecule has 2 fully saturated rings. The summed E-state index contributed by atoms with van der Waals surface area (Å²) in [6.45, 7) is 1.49. The van der Waals surface area contributed by atoms with Crippen molar-refractivity contribution in [1.82, 2.24) is 9.03 Å². The Bertz CT molecular complexity index is 798. The third kappa shape index (κ3) is 4.39. The first-order chi connectivity index (χ1) is 11.8. The van der Waals surface area contributed by atoms with Crippen molar-refractivity contribution < 1.29 is 21.6 Å². The molecule has 1 aromatic carbocycles. The van der Waals surface area contributed by atoms with Crippen LogP contribution >= 0.6 is 0 Å². The van der Waals surface area contributed by atoms with Crippen molar-refractivity contribution in [3.05, 3.63) is 24.3 Å². The van der Waals surface area contributed by atoms with E-state index in [9.17, 15) is 16.8 Å². The summed E-state index contributed by atoms with van der Waals surface area (Å²) >= 11 is 0. The Balaban J connectivity index is 1.70. The van der Waals surface area contributed by atoms with Crippen LogP contribution in [0.3, 0.4) is 0 Å². The van der Waals surface area contributed by atoms with Crippen molar-refractivity contribution in [2.45, 2.75) is 28.7 Å². The molecule has 1 saturated carbocycles. The van der Waals surface area contributed by atoms with Crippen molar-refractivity contribution in [2.24, 2.45) is 11.7 Å². The van der Waals surface area contributed by atoms with Gasteiger partial charge in [0, 0.05) is 25.7 Å². The third-order valence-electron chi connectivity index (χ3n) is 4.48. The molecule has 0 bridgehead atoms. The number of morpholine rings is 1. The maximum Gasteiger partial charge on any atom is 0.243 e. The predicted octanol–water partition coefficient (Wildman–Crippen LogP) is -0.277. The van der Waals surface area contributed by atoms with Gasteiger partial charge in [0.1, 0.15) is 0 Å². The summed E-state index contributed by atoms with van der Waals surface area (Å²) in [5.74, 6) is 0.392. The molecule has 25 heavy (non-hydrogen) atoms. The molecule has 3 N–H and O–H groups in total. The number of hydrogen-bond donors (Lipinski definition) is 2. The van der Waals surface area contributed by atoms with E-state index in [1.807, 2.05) is 0 Å². The summed E-state index contributed by atoms with van der Waals surface area (Å²) in [7, 11) is -7.34. The van der Waals surface area contributed by atoms with Gasteiger partial charge in [-0.25, -0.2) is 21.6 Å². The van der Waals surface area contributed by atoms with E-state index in [2.05, 4.69) is 4.72 Å². The van der Waals surface area contributed by atoms with Gasteiger partial charge in [-0.1, -0.05) is 0 Å². The number of hydrogen-bond acceptors (Lipinski definition) is 6. The Morgan fingerprint density at radius 3 is 2.20 bits per heavy atom. The van der Waals surface area contributed by atoms with E-state index in [1.165, 1.54) is 28.6 Å². The van der Waals surface area contributed by atoms with Crippen molar-refractivity contribution in [3.8, 4) is 0 Å². The molecule has 0 spiro atoms. The van der Waals surface area contributed by atoms with Gasteiger partial charge in [-0.3, -0.25) is 0 Å². The van der Waals surface area contributed by atoms with Gasteiger partial charge >= 0.3 is 0 Å². The maximum atomic E-state index is 12.5. The van der Waals surface area contributed by atoms with Crippen LogP contribution in [0.25, 0.3) is 0 Å². The molecule has 1 atom stereocenters. The minimum absolute atomic E-state index is 0.0245. The minimum Gasteiger partial charge on any atom is -0.379 e. The Hall–Kier alpha value is -1.04. The molecule has 2 aliphatic rings. The number of nitrogens with one attached hydrogen (secondary N) is 1. The van der Waals surface area contributed by atoms with E-state index in [1.54, 1.807) is 0 Å². The molecule has 1 unspecified atom stereocenters. The van der Waals surface area contributed by atoms with Gasteiger partial charge in [0.05, 0.1) is 23.0 Å². The number of nitrogens with zero attached hydrogens (tertiary/aromatic N) is 1. The highest BCUT2D eigenvalue weighted by Gasteiger charge is 2.30. The Labute approximate surface area is 148 Å². The summed E-state index contributed by atoms with van der Waals surface area (Å²) in [6.07, 6.45) is 2.08. The molecule has 140 valence electrons. The quantitative estimate of drug-likeness (QED) is 0.662. The summed E-state index contributed by atoms with van der Waals surface area (Å²) in [5.41, 5.74) is 5.91. The second-order valence-electron chi connectivity index (χ2n) is 6.34. The van der Waals surface area contributed by atoms with Gasteiger partial charge in [-0.2, -0.15) is 4.31 Å². The molecular formula is C15H23N3O5S2. The van der Waals surface area contributed by atoms with Crippen molar-refractivity contribution >= 4 is 20.0 Å². The topological polar surface area (TPSA) is 119 Å². The lowest BCUT2D eigenvalue weighted by atomic mass is 10.2. The standard InChI is InChI=1S/C15H23N3O5S2/c16-15(12-1-2-12)11-17-24(19,20)13-3-5-14(6-4-13)25(21,22)18-7-9-23-10-8-18/h3-6,12,15,17H,1-2,7-11,16H2. The van der Waals surface area contributed by atoms with E-state index in [0.29, 0.717) is 32.2 Å². The van der Waals surface area contributed by atoms with Crippen LogP contribution in [0.2, 0.25) is 0 Å². The van der Waals surface area contributed by atoms with Crippen molar-refractivity contribution in [1.29, 1.82) is 0 Å². The third-order valence-corrected chi connectivity index (χ3v) is 7.83. The molecule has 1 aromatic rings. The number of nitrogens with two attached hydrogens (primary N) is 1. The van der Waals surface area contributed by atoms with Gasteiger partial charge in [0.15, 0.2) is 0 Å². The van der Waals surface area contributed by atoms with E-state index in [0.717, 1.165) is 12.8 Å². The van der Waals surface area contributed by atoms with Gasteiger partial charge < -0.3 is 10.5 Å². The molecule has 0 radical (unpaired) electrons. The highest BCUT2D eigenvalue weighted by atomic mass is 32.2. The summed E-state index contributed by atoms with van der Waals surface area (Å²) in [4.78, 5) is 0.0967. The molecule has 1 aliphatic heterocycles. The zero-order valence-electron chi connectivity index (χ0n) is 13.8. The maximum absolute atomic E-state index is 12.5. The van der Waals surface area contributed by atoms with Gasteiger partial charge in [-0.05, 0) is 43.0 Å². The number of ether oxygens (including phenoxy) is 1. The predicted molar refractivity (Wildman–Crippen MR) is 91.9 cm³/mol. The molecule has 1 aliphatic carbocycles. The van der Waals surface area contributed by atoms with Crippen LogP contribution in [0, 0.1) is 5.92 Å². The van der Waals surface area contributed by atoms with Crippen LogP contribution < -0.4 is 10.5 Å². The summed E-state index contributed by atoms with van der Waals surface area (Å²) in [5, 5.41) is 0. The van der Waals surface area contributed by atoms with Crippen LogP contribution in [0.5, 0.6) is 0 Å². The minimum atomic E-state index is -3.71. The van der Waals surface area contributed by atoms with E-state index < -0.39 is 20.0 Å². The molecule has 3 rings (SSSR count). The number of rotatable bonds is 7. The smallest absolute Gasteiger partial charge is 0.243 e. The van der Waals surface area contributed by atoms with E-state index in [4.69, 9.17) is 10.5 Å². The average Bonchev–Trinajstić information content (AvgIpc) is 3.46. The lowest BCUT2D eigenvalue weighted by molar-refractivity contribution is 0.0730. The normalized spacial score (nSPS) is 21.2. The highest BCUT2D eigenvalue weighted by Crippen LogP contribution is 2.31. The number of benzene rings is 1. The Kier molecular flexibility index (Phi) is 5.47. The zero-order valence-corrected chi connectivity index (χ0v) is 15.4. The monoisotopic (exact) mass is 389 g/mol. The first-order valence-corrected chi connectivity index (χ1v) is 11.2. The Morgan fingerprint density at radius 2 is 1.64 bits per heavy atom. The molecule has 10 heteroatoms. The SMILES string of the molecule is NC(CNS(=O)(=O)c1ccc(S(=O)(=O)N2CCOCC2)cc1)C1CC1.